The van der Waals surface area contributed by atoms with Gasteiger partial charge in [0.2, 0.25) is 10.0 Å². The molecular weight excluding hydrogens is 222 g/mol. The van der Waals surface area contributed by atoms with Crippen LogP contribution < -0.4 is 4.72 Å². The topological polar surface area (TPSA) is 74.8 Å². The van der Waals surface area contributed by atoms with E-state index in [0.717, 1.165) is 5.75 Å². The molecule has 0 saturated heterocycles. The fraction of sp³-hybridized carbons (Fsp3) is 0.571. The Kier molecular flexibility index (Phi) is 3.97. The summed E-state index contributed by atoms with van der Waals surface area (Å²) in [5, 5.41) is 6.06. The smallest absolute Gasteiger partial charge is 0.243 e. The summed E-state index contributed by atoms with van der Waals surface area (Å²) in [6.07, 6.45) is 4.57. The van der Waals surface area contributed by atoms with Gasteiger partial charge < -0.3 is 0 Å². The Bertz CT molecular complexity index is 360. The summed E-state index contributed by atoms with van der Waals surface area (Å²) in [7, 11) is -3.40. The first-order valence-electron chi connectivity index (χ1n) is 4.06. The summed E-state index contributed by atoms with van der Waals surface area (Å²) >= 11 is 1.60. The number of thioether (sulfide) groups is 1. The second kappa shape index (κ2) is 4.81. The van der Waals surface area contributed by atoms with Crippen LogP contribution in [0.15, 0.2) is 17.3 Å². The fourth-order valence-corrected chi connectivity index (χ4v) is 2.84. The molecule has 0 spiro atoms. The Morgan fingerprint density at radius 1 is 1.71 bits per heavy atom. The van der Waals surface area contributed by atoms with Gasteiger partial charge in [0.1, 0.15) is 4.90 Å². The number of hydrogen-bond donors (Lipinski definition) is 2. The van der Waals surface area contributed by atoms with E-state index in [9.17, 15) is 8.42 Å². The molecule has 0 fully saturated rings. The maximum absolute atomic E-state index is 11.6. The summed E-state index contributed by atoms with van der Waals surface area (Å²) in [5.41, 5.74) is 0. The first-order chi connectivity index (χ1) is 6.56. The van der Waals surface area contributed by atoms with Gasteiger partial charge in [0.15, 0.2) is 0 Å². The van der Waals surface area contributed by atoms with E-state index in [1.54, 1.807) is 11.8 Å². The molecule has 5 nitrogen and oxygen atoms in total. The minimum atomic E-state index is -3.40. The van der Waals surface area contributed by atoms with Crippen LogP contribution in [0.25, 0.3) is 0 Å². The third-order valence-electron chi connectivity index (χ3n) is 1.56. The molecule has 0 aliphatic rings. The molecule has 1 rings (SSSR count). The van der Waals surface area contributed by atoms with Crippen LogP contribution in [0, 0.1) is 0 Å². The average Bonchev–Trinajstić information content (AvgIpc) is 2.54. The minimum Gasteiger partial charge on any atom is -0.284 e. The first-order valence-corrected chi connectivity index (χ1v) is 6.94. The number of H-pyrrole nitrogens is 1. The zero-order chi connectivity index (χ0) is 10.6. The summed E-state index contributed by atoms with van der Waals surface area (Å²) in [5.74, 6) is 0.747. The van der Waals surface area contributed by atoms with Crippen molar-refractivity contribution in [2.24, 2.45) is 0 Å². The van der Waals surface area contributed by atoms with Crippen molar-refractivity contribution in [3.05, 3.63) is 12.4 Å². The fourth-order valence-electron chi connectivity index (χ4n) is 1.00. The molecule has 1 atom stereocenters. The molecule has 0 aromatic carbocycles. The van der Waals surface area contributed by atoms with Gasteiger partial charge in [-0.1, -0.05) is 0 Å². The third kappa shape index (κ3) is 3.00. The number of aromatic amines is 1. The highest BCUT2D eigenvalue weighted by Gasteiger charge is 2.17. The SMILES string of the molecule is CSCC(C)NS(=O)(=O)c1cn[nH]c1. The zero-order valence-corrected chi connectivity index (χ0v) is 9.65. The number of hydrogen-bond acceptors (Lipinski definition) is 4. The number of nitrogens with one attached hydrogen (secondary N) is 2. The molecule has 1 aromatic rings. The predicted molar refractivity (Wildman–Crippen MR) is 56.8 cm³/mol. The molecule has 0 amide bonds. The first kappa shape index (κ1) is 11.5. The lowest BCUT2D eigenvalue weighted by atomic mass is 10.4. The van der Waals surface area contributed by atoms with Crippen molar-refractivity contribution in [1.82, 2.24) is 14.9 Å². The number of sulfonamides is 1. The van der Waals surface area contributed by atoms with Gasteiger partial charge in [-0.3, -0.25) is 5.10 Å². The van der Waals surface area contributed by atoms with Crippen LogP contribution in [0.3, 0.4) is 0 Å². The van der Waals surface area contributed by atoms with Crippen LogP contribution in [0.5, 0.6) is 0 Å². The Labute approximate surface area is 87.7 Å². The standard InChI is InChI=1S/C7H13N3O2S2/c1-6(5-13-2)10-14(11,12)7-3-8-9-4-7/h3-4,6,10H,5H2,1-2H3,(H,8,9). The Morgan fingerprint density at radius 3 is 2.93 bits per heavy atom. The lowest BCUT2D eigenvalue weighted by Gasteiger charge is -2.11. The van der Waals surface area contributed by atoms with Crippen molar-refractivity contribution in [2.45, 2.75) is 17.9 Å². The monoisotopic (exact) mass is 235 g/mol. The van der Waals surface area contributed by atoms with Gasteiger partial charge in [0.25, 0.3) is 0 Å². The van der Waals surface area contributed by atoms with E-state index in [0.29, 0.717) is 0 Å². The van der Waals surface area contributed by atoms with E-state index >= 15 is 0 Å². The van der Waals surface area contributed by atoms with Gasteiger partial charge >= 0.3 is 0 Å². The van der Waals surface area contributed by atoms with Crippen molar-refractivity contribution in [3.8, 4) is 0 Å². The summed E-state index contributed by atoms with van der Waals surface area (Å²) < 4.78 is 25.7. The zero-order valence-electron chi connectivity index (χ0n) is 8.02. The lowest BCUT2D eigenvalue weighted by Crippen LogP contribution is -2.34. The van der Waals surface area contributed by atoms with Crippen LogP contribution in [0.1, 0.15) is 6.92 Å². The average molecular weight is 235 g/mol. The molecule has 0 bridgehead atoms. The van der Waals surface area contributed by atoms with Crippen molar-refractivity contribution in [1.29, 1.82) is 0 Å². The van der Waals surface area contributed by atoms with E-state index < -0.39 is 10.0 Å². The maximum Gasteiger partial charge on any atom is 0.243 e. The van der Waals surface area contributed by atoms with Crippen molar-refractivity contribution >= 4 is 21.8 Å². The maximum atomic E-state index is 11.6. The molecule has 0 saturated carbocycles. The minimum absolute atomic E-state index is 0.0788. The molecule has 7 heteroatoms. The van der Waals surface area contributed by atoms with Crippen molar-refractivity contribution in [2.75, 3.05) is 12.0 Å². The Hall–Kier alpha value is -0.530. The van der Waals surface area contributed by atoms with E-state index in [1.807, 2.05) is 13.2 Å². The van der Waals surface area contributed by atoms with E-state index in [4.69, 9.17) is 0 Å². The predicted octanol–water partition coefficient (Wildman–Crippen LogP) is 0.440. The van der Waals surface area contributed by atoms with Crippen LogP contribution >= 0.6 is 11.8 Å². The highest BCUT2D eigenvalue weighted by molar-refractivity contribution is 7.98. The van der Waals surface area contributed by atoms with Crippen LogP contribution in [-0.2, 0) is 10.0 Å². The molecule has 80 valence electrons. The summed E-state index contributed by atoms with van der Waals surface area (Å²) in [6, 6.07) is -0.0788. The molecule has 0 aliphatic carbocycles. The second-order valence-corrected chi connectivity index (χ2v) is 5.54. The van der Waals surface area contributed by atoms with Crippen LogP contribution in [0.2, 0.25) is 0 Å². The van der Waals surface area contributed by atoms with E-state index in [-0.39, 0.29) is 10.9 Å². The molecule has 0 radical (unpaired) electrons. The summed E-state index contributed by atoms with van der Waals surface area (Å²) in [6.45, 7) is 1.83. The number of rotatable bonds is 5. The van der Waals surface area contributed by atoms with Crippen molar-refractivity contribution in [3.63, 3.8) is 0 Å². The van der Waals surface area contributed by atoms with E-state index in [2.05, 4.69) is 14.9 Å². The summed E-state index contributed by atoms with van der Waals surface area (Å²) in [4.78, 5) is 0.172. The quantitative estimate of drug-likeness (QED) is 0.776. The molecular formula is C7H13N3O2S2. The largest absolute Gasteiger partial charge is 0.284 e. The van der Waals surface area contributed by atoms with Gasteiger partial charge in [0.05, 0.1) is 6.20 Å². The van der Waals surface area contributed by atoms with Gasteiger partial charge in [-0.2, -0.15) is 16.9 Å². The van der Waals surface area contributed by atoms with Crippen LogP contribution in [0.4, 0.5) is 0 Å². The van der Waals surface area contributed by atoms with Crippen molar-refractivity contribution < 1.29 is 8.42 Å². The van der Waals surface area contributed by atoms with Gasteiger partial charge in [-0.05, 0) is 13.2 Å². The second-order valence-electron chi connectivity index (χ2n) is 2.91. The van der Waals surface area contributed by atoms with Gasteiger partial charge in [-0.15, -0.1) is 0 Å². The normalized spacial score (nSPS) is 14.1. The molecule has 0 aliphatic heterocycles. The molecule has 1 aromatic heterocycles. The lowest BCUT2D eigenvalue weighted by molar-refractivity contribution is 0.571. The highest BCUT2D eigenvalue weighted by atomic mass is 32.2. The molecule has 1 heterocycles. The number of nitrogens with zero attached hydrogens (tertiary/aromatic N) is 1. The third-order valence-corrected chi connectivity index (χ3v) is 3.95. The van der Waals surface area contributed by atoms with E-state index in [1.165, 1.54) is 12.4 Å². The Morgan fingerprint density at radius 2 is 2.43 bits per heavy atom. The molecule has 1 unspecified atom stereocenters. The number of aromatic nitrogens is 2. The van der Waals surface area contributed by atoms with Gasteiger partial charge in [0, 0.05) is 18.0 Å². The molecule has 2 N–H and O–H groups in total. The van der Waals surface area contributed by atoms with Gasteiger partial charge in [-0.25, -0.2) is 13.1 Å². The van der Waals surface area contributed by atoms with Crippen LogP contribution in [-0.4, -0.2) is 36.7 Å². The Balaban J connectivity index is 2.68. The molecule has 14 heavy (non-hydrogen) atoms. The highest BCUT2D eigenvalue weighted by Crippen LogP contribution is 2.06.